The first-order valence-electron chi connectivity index (χ1n) is 17.6. The van der Waals surface area contributed by atoms with Crippen LogP contribution < -0.4 is 4.57 Å². The fourth-order valence-corrected chi connectivity index (χ4v) is 6.59. The first-order valence-corrected chi connectivity index (χ1v) is 17.6. The molecule has 3 heterocycles. The summed E-state index contributed by atoms with van der Waals surface area (Å²) in [5.74, 6) is 7.46. The highest BCUT2D eigenvalue weighted by Crippen LogP contribution is 2.34. The van der Waals surface area contributed by atoms with Crippen LogP contribution in [0.25, 0.3) is 38.8 Å². The van der Waals surface area contributed by atoms with Crippen LogP contribution in [-0.4, -0.2) is 10.3 Å². The zero-order valence-corrected chi connectivity index (χ0v) is 29.6. The molecule has 3 heteroatoms. The van der Waals surface area contributed by atoms with Gasteiger partial charge in [-0.3, -0.25) is 4.99 Å². The number of benzene rings is 3. The summed E-state index contributed by atoms with van der Waals surface area (Å²) in [6, 6.07) is 30.6. The Bertz CT molecular complexity index is 1990. The molecule has 48 heavy (non-hydrogen) atoms. The van der Waals surface area contributed by atoms with E-state index in [1.165, 1.54) is 69.1 Å². The Morgan fingerprint density at radius 3 is 2.33 bits per heavy atom. The third-order valence-corrected chi connectivity index (χ3v) is 9.28. The van der Waals surface area contributed by atoms with Crippen molar-refractivity contribution in [2.45, 2.75) is 73.8 Å². The number of allylic oxidation sites excluding steroid dienone is 5. The van der Waals surface area contributed by atoms with Gasteiger partial charge in [-0.05, 0) is 75.1 Å². The molecular weight excluding hydrogens is 583 g/mol. The van der Waals surface area contributed by atoms with Crippen LogP contribution in [0, 0.1) is 23.7 Å². The fraction of sp³-hybridized carbons (Fsp3) is 0.289. The van der Waals surface area contributed by atoms with Crippen LogP contribution in [0.3, 0.4) is 0 Å². The Hall–Kier alpha value is -4.94. The number of fused-ring (bicyclic) bond motifs is 6. The first kappa shape index (κ1) is 34.4. The molecule has 5 aromatic rings. The maximum absolute atomic E-state index is 4.36. The summed E-state index contributed by atoms with van der Waals surface area (Å²) >= 11 is 0. The topological polar surface area (TPSA) is 21.2 Å². The molecule has 0 N–H and O–H groups in total. The fourth-order valence-electron chi connectivity index (χ4n) is 6.59. The van der Waals surface area contributed by atoms with Crippen molar-refractivity contribution in [2.75, 3.05) is 0 Å². The number of para-hydroxylation sites is 2. The van der Waals surface area contributed by atoms with Gasteiger partial charge in [0.15, 0.2) is 12.7 Å². The third kappa shape index (κ3) is 7.77. The zero-order chi connectivity index (χ0) is 33.9. The lowest BCUT2D eigenvalue weighted by atomic mass is 9.89. The van der Waals surface area contributed by atoms with E-state index in [2.05, 4.69) is 156 Å². The van der Waals surface area contributed by atoms with E-state index in [-0.39, 0.29) is 0 Å². The lowest BCUT2D eigenvalue weighted by Gasteiger charge is -2.15. The second-order valence-electron chi connectivity index (χ2n) is 12.7. The Labute approximate surface area is 288 Å². The molecule has 0 saturated carbocycles. The molecule has 1 aliphatic carbocycles. The molecular formula is C45H50N3+. The monoisotopic (exact) mass is 632 g/mol. The van der Waals surface area contributed by atoms with E-state index in [4.69, 9.17) is 0 Å². The van der Waals surface area contributed by atoms with E-state index in [9.17, 15) is 0 Å². The van der Waals surface area contributed by atoms with Crippen LogP contribution in [0.5, 0.6) is 0 Å². The number of hydrogen-bond acceptors (Lipinski definition) is 1. The molecule has 0 bridgehead atoms. The average Bonchev–Trinajstić information content (AvgIpc) is 3.67. The standard InChI is InChI=1S/C24H17N2.C14H17N.C7H16/c1-3-10-23-19(7-1)20-8-2-4-11-24(20)26(23)18-13-12-17-16-25-14-6-5-9-22(25)21(17)15-18;1-4-8-13-9-6-7-10-14(13)12(3)15-11-5-2;1-4-6-7(3)5-2/h1-15H,16H2;5-7,10-11,13H,9H2,1-3H3;7H,4-6H2,1-3H3/q+1;;/b;11-5-,15-12?;. The summed E-state index contributed by atoms with van der Waals surface area (Å²) in [7, 11) is 0. The van der Waals surface area contributed by atoms with Gasteiger partial charge >= 0.3 is 0 Å². The molecule has 2 aliphatic rings. The van der Waals surface area contributed by atoms with Crippen molar-refractivity contribution in [3.05, 3.63) is 133 Å². The second kappa shape index (κ2) is 16.8. The Morgan fingerprint density at radius 1 is 0.979 bits per heavy atom. The molecule has 244 valence electrons. The molecule has 3 aromatic carbocycles. The molecule has 0 radical (unpaired) electrons. The number of nitrogens with zero attached hydrogens (tertiary/aromatic N) is 3. The van der Waals surface area contributed by atoms with Gasteiger partial charge in [0, 0.05) is 46.1 Å². The maximum Gasteiger partial charge on any atom is 0.213 e. The Kier molecular flexibility index (Phi) is 12.0. The van der Waals surface area contributed by atoms with Crippen LogP contribution in [0.4, 0.5) is 0 Å². The number of pyridine rings is 1. The summed E-state index contributed by atoms with van der Waals surface area (Å²) in [5.41, 5.74) is 10.1. The summed E-state index contributed by atoms with van der Waals surface area (Å²) in [4.78, 5) is 4.36. The summed E-state index contributed by atoms with van der Waals surface area (Å²) in [6.07, 6.45) is 17.3. The van der Waals surface area contributed by atoms with Crippen molar-refractivity contribution in [3.8, 4) is 28.8 Å². The lowest BCUT2D eigenvalue weighted by molar-refractivity contribution is -0.672. The Morgan fingerprint density at radius 2 is 1.69 bits per heavy atom. The highest BCUT2D eigenvalue weighted by molar-refractivity contribution is 6.09. The summed E-state index contributed by atoms with van der Waals surface area (Å²) in [5, 5.41) is 2.61. The van der Waals surface area contributed by atoms with E-state index in [1.54, 1.807) is 0 Å². The maximum atomic E-state index is 4.36. The van der Waals surface area contributed by atoms with Gasteiger partial charge in [-0.1, -0.05) is 107 Å². The SMILES string of the molecule is CC#CC1CC=CC=C1C(C)=N/C=C\C.CCCC(C)CC.c1cc[n+]2c(c1)-c1cc(-n3c4ccccc4c4ccccc43)ccc1C2. The first-order chi connectivity index (χ1) is 23.5. The molecule has 1 aliphatic heterocycles. The minimum atomic E-state index is 0.314. The number of aromatic nitrogens is 2. The highest BCUT2D eigenvalue weighted by atomic mass is 15.0. The zero-order valence-electron chi connectivity index (χ0n) is 29.6. The van der Waals surface area contributed by atoms with Gasteiger partial charge in [0.25, 0.3) is 0 Å². The number of hydrogen-bond donors (Lipinski definition) is 0. The van der Waals surface area contributed by atoms with Gasteiger partial charge in [-0.15, -0.1) is 5.92 Å². The van der Waals surface area contributed by atoms with Gasteiger partial charge in [-0.25, -0.2) is 0 Å². The van der Waals surface area contributed by atoms with Crippen molar-refractivity contribution in [1.29, 1.82) is 0 Å². The van der Waals surface area contributed by atoms with E-state index < -0.39 is 0 Å². The lowest BCUT2D eigenvalue weighted by Crippen LogP contribution is -2.31. The van der Waals surface area contributed by atoms with Gasteiger partial charge < -0.3 is 4.57 Å². The number of rotatable bonds is 6. The van der Waals surface area contributed by atoms with E-state index in [0.29, 0.717) is 5.92 Å². The molecule has 7 rings (SSSR count). The van der Waals surface area contributed by atoms with Crippen LogP contribution in [0.1, 0.15) is 72.8 Å². The van der Waals surface area contributed by atoms with Gasteiger partial charge in [0.2, 0.25) is 5.69 Å². The van der Waals surface area contributed by atoms with Crippen LogP contribution in [-0.2, 0) is 6.54 Å². The van der Waals surface area contributed by atoms with Crippen LogP contribution >= 0.6 is 0 Å². The van der Waals surface area contributed by atoms with Gasteiger partial charge in [-0.2, -0.15) is 4.57 Å². The largest absolute Gasteiger partial charge is 0.309 e. The molecule has 0 fully saturated rings. The molecule has 2 atom stereocenters. The van der Waals surface area contributed by atoms with Crippen molar-refractivity contribution in [3.63, 3.8) is 0 Å². The van der Waals surface area contributed by atoms with Crippen LogP contribution in [0.2, 0.25) is 0 Å². The molecule has 0 amide bonds. The average molecular weight is 633 g/mol. The van der Waals surface area contributed by atoms with E-state index in [0.717, 1.165) is 24.6 Å². The van der Waals surface area contributed by atoms with Crippen molar-refractivity contribution in [1.82, 2.24) is 4.57 Å². The molecule has 0 spiro atoms. The second-order valence-corrected chi connectivity index (χ2v) is 12.7. The van der Waals surface area contributed by atoms with E-state index >= 15 is 0 Å². The minimum Gasteiger partial charge on any atom is -0.309 e. The normalized spacial score (nSPS) is 15.4. The minimum absolute atomic E-state index is 0.314. The van der Waals surface area contributed by atoms with E-state index in [1.807, 2.05) is 33.0 Å². The third-order valence-electron chi connectivity index (χ3n) is 9.28. The molecule has 0 saturated heterocycles. The summed E-state index contributed by atoms with van der Waals surface area (Å²) in [6.45, 7) is 13.6. The molecule has 2 unspecified atom stereocenters. The van der Waals surface area contributed by atoms with Crippen LogP contribution in [0.15, 0.2) is 132 Å². The highest BCUT2D eigenvalue weighted by Gasteiger charge is 2.26. The Balaban J connectivity index is 0.000000174. The quantitative estimate of drug-likeness (QED) is 0.0990. The molecule has 3 nitrogen and oxygen atoms in total. The molecule has 2 aromatic heterocycles. The summed E-state index contributed by atoms with van der Waals surface area (Å²) < 4.78 is 4.71. The van der Waals surface area contributed by atoms with Crippen molar-refractivity contribution < 1.29 is 4.57 Å². The number of aliphatic imine (C=N–C) groups is 1. The van der Waals surface area contributed by atoms with Gasteiger partial charge in [0.1, 0.15) is 0 Å². The predicted molar refractivity (Wildman–Crippen MR) is 207 cm³/mol. The predicted octanol–water partition coefficient (Wildman–Crippen LogP) is 11.4. The van der Waals surface area contributed by atoms with Crippen molar-refractivity contribution in [2.24, 2.45) is 16.8 Å². The van der Waals surface area contributed by atoms with Gasteiger partial charge in [0.05, 0.1) is 22.5 Å². The smallest absolute Gasteiger partial charge is 0.213 e. The van der Waals surface area contributed by atoms with Crippen molar-refractivity contribution >= 4 is 27.5 Å².